The van der Waals surface area contributed by atoms with Gasteiger partial charge in [-0.05, 0) is 54.0 Å². The number of halogens is 2. The monoisotopic (exact) mass is 366 g/mol. The third-order valence-electron chi connectivity index (χ3n) is 3.24. The second-order valence-electron chi connectivity index (χ2n) is 5.31. The van der Waals surface area contributed by atoms with Gasteiger partial charge in [0, 0.05) is 10.7 Å². The molecule has 120 valence electrons. The van der Waals surface area contributed by atoms with Crippen LogP contribution < -0.4 is 10.6 Å². The molecule has 0 saturated heterocycles. The molecule has 2 N–H and O–H groups in total. The van der Waals surface area contributed by atoms with E-state index in [4.69, 9.17) is 35.4 Å². The molecule has 0 spiro atoms. The van der Waals surface area contributed by atoms with Crippen molar-refractivity contribution in [3.05, 3.63) is 63.6 Å². The van der Waals surface area contributed by atoms with Crippen LogP contribution >= 0.6 is 35.4 Å². The fraction of sp³-hybridized carbons (Fsp3) is 0.176. The highest BCUT2D eigenvalue weighted by molar-refractivity contribution is 7.80. The van der Waals surface area contributed by atoms with Crippen molar-refractivity contribution < 1.29 is 4.79 Å². The van der Waals surface area contributed by atoms with E-state index in [1.807, 2.05) is 24.3 Å². The molecule has 0 heterocycles. The van der Waals surface area contributed by atoms with Crippen molar-refractivity contribution in [2.45, 2.75) is 19.8 Å². The molecule has 0 aliphatic rings. The number of carbonyl (C=O) groups excluding carboxylic acids is 1. The molecule has 2 aromatic carbocycles. The number of amides is 1. The Kier molecular flexibility index (Phi) is 5.99. The number of nitrogens with one attached hydrogen (secondary N) is 2. The van der Waals surface area contributed by atoms with Crippen LogP contribution in [0.2, 0.25) is 10.0 Å². The van der Waals surface area contributed by atoms with E-state index in [2.05, 4.69) is 24.5 Å². The van der Waals surface area contributed by atoms with Gasteiger partial charge in [0.1, 0.15) is 0 Å². The van der Waals surface area contributed by atoms with Gasteiger partial charge in [-0.25, -0.2) is 0 Å². The largest absolute Gasteiger partial charge is 0.332 e. The zero-order valence-corrected chi connectivity index (χ0v) is 15.0. The normalized spacial score (nSPS) is 10.5. The molecule has 0 bridgehead atoms. The maximum absolute atomic E-state index is 12.2. The van der Waals surface area contributed by atoms with Crippen LogP contribution in [0.1, 0.15) is 35.7 Å². The van der Waals surface area contributed by atoms with Crippen LogP contribution in [0.4, 0.5) is 5.69 Å². The summed E-state index contributed by atoms with van der Waals surface area (Å²) < 4.78 is 0. The lowest BCUT2D eigenvalue weighted by Crippen LogP contribution is -2.34. The molecular formula is C17H16Cl2N2OS. The van der Waals surface area contributed by atoms with Gasteiger partial charge in [0.15, 0.2) is 5.11 Å². The Morgan fingerprint density at radius 2 is 1.74 bits per heavy atom. The van der Waals surface area contributed by atoms with Gasteiger partial charge in [0.05, 0.1) is 10.6 Å². The lowest BCUT2D eigenvalue weighted by Gasteiger charge is -2.11. The van der Waals surface area contributed by atoms with E-state index < -0.39 is 0 Å². The van der Waals surface area contributed by atoms with Gasteiger partial charge in [-0.3, -0.25) is 10.1 Å². The van der Waals surface area contributed by atoms with Crippen molar-refractivity contribution in [2.75, 3.05) is 5.32 Å². The molecule has 0 unspecified atom stereocenters. The van der Waals surface area contributed by atoms with Gasteiger partial charge in [0.25, 0.3) is 5.91 Å². The Bertz CT molecular complexity index is 730. The van der Waals surface area contributed by atoms with Crippen molar-refractivity contribution >= 4 is 52.1 Å². The zero-order valence-electron chi connectivity index (χ0n) is 12.7. The summed E-state index contributed by atoms with van der Waals surface area (Å²) in [4.78, 5) is 12.2. The van der Waals surface area contributed by atoms with E-state index in [1.165, 1.54) is 11.6 Å². The van der Waals surface area contributed by atoms with Gasteiger partial charge in [-0.2, -0.15) is 0 Å². The first-order chi connectivity index (χ1) is 10.9. The van der Waals surface area contributed by atoms with Crippen molar-refractivity contribution in [3.8, 4) is 0 Å². The van der Waals surface area contributed by atoms with E-state index in [9.17, 15) is 4.79 Å². The lowest BCUT2D eigenvalue weighted by molar-refractivity contribution is 0.0978. The second-order valence-corrected chi connectivity index (χ2v) is 6.56. The van der Waals surface area contributed by atoms with Crippen LogP contribution in [-0.4, -0.2) is 11.0 Å². The van der Waals surface area contributed by atoms with Crippen LogP contribution in [0, 0.1) is 0 Å². The Balaban J connectivity index is 2.00. The molecule has 0 aliphatic heterocycles. The molecule has 0 saturated carbocycles. The number of hydrogen-bond acceptors (Lipinski definition) is 2. The Morgan fingerprint density at radius 1 is 1.09 bits per heavy atom. The summed E-state index contributed by atoms with van der Waals surface area (Å²) in [5.41, 5.74) is 2.36. The first-order valence-electron chi connectivity index (χ1n) is 7.04. The average molecular weight is 367 g/mol. The topological polar surface area (TPSA) is 41.1 Å². The number of thiocarbonyl (C=S) groups is 1. The molecule has 3 nitrogen and oxygen atoms in total. The van der Waals surface area contributed by atoms with Crippen molar-refractivity contribution in [1.82, 2.24) is 5.32 Å². The van der Waals surface area contributed by atoms with Crippen LogP contribution in [0.5, 0.6) is 0 Å². The third-order valence-corrected chi connectivity index (χ3v) is 3.99. The molecule has 0 aliphatic carbocycles. The standard InChI is InChI=1S/C17H16Cl2N2OS/c1-10(2)11-3-6-13(7-4-11)20-17(23)21-16(22)14-8-5-12(18)9-15(14)19/h3-10H,1-2H3,(H2,20,21,22,23). The number of carbonyl (C=O) groups is 1. The predicted molar refractivity (Wildman–Crippen MR) is 101 cm³/mol. The third kappa shape index (κ3) is 4.93. The SMILES string of the molecule is CC(C)c1ccc(NC(=S)NC(=O)c2ccc(Cl)cc2Cl)cc1. The minimum absolute atomic E-state index is 0.207. The Hall–Kier alpha value is -1.62. The maximum atomic E-state index is 12.2. The van der Waals surface area contributed by atoms with Gasteiger partial charge in [-0.1, -0.05) is 49.2 Å². The fourth-order valence-corrected chi connectivity index (χ4v) is 2.66. The van der Waals surface area contributed by atoms with E-state index >= 15 is 0 Å². The minimum Gasteiger partial charge on any atom is -0.332 e. The Morgan fingerprint density at radius 3 is 2.30 bits per heavy atom. The first kappa shape index (κ1) is 17.7. The minimum atomic E-state index is -0.386. The van der Waals surface area contributed by atoms with Crippen LogP contribution in [0.15, 0.2) is 42.5 Å². The lowest BCUT2D eigenvalue weighted by atomic mass is 10.0. The molecular weight excluding hydrogens is 351 g/mol. The van der Waals surface area contributed by atoms with Gasteiger partial charge < -0.3 is 5.32 Å². The van der Waals surface area contributed by atoms with Crippen molar-refractivity contribution in [1.29, 1.82) is 0 Å². The quantitative estimate of drug-likeness (QED) is 0.729. The first-order valence-corrected chi connectivity index (χ1v) is 8.20. The molecule has 2 rings (SSSR count). The predicted octanol–water partition coefficient (Wildman–Crippen LogP) is 5.24. The van der Waals surface area contributed by atoms with Crippen LogP contribution in [-0.2, 0) is 0 Å². The van der Waals surface area contributed by atoms with Crippen molar-refractivity contribution in [3.63, 3.8) is 0 Å². The molecule has 0 fully saturated rings. The summed E-state index contributed by atoms with van der Waals surface area (Å²) in [5, 5.41) is 6.52. The van der Waals surface area contributed by atoms with Crippen molar-refractivity contribution in [2.24, 2.45) is 0 Å². The number of benzene rings is 2. The molecule has 0 aromatic heterocycles. The summed E-state index contributed by atoms with van der Waals surface area (Å²) in [7, 11) is 0. The maximum Gasteiger partial charge on any atom is 0.258 e. The average Bonchev–Trinajstić information content (AvgIpc) is 2.47. The summed E-state index contributed by atoms with van der Waals surface area (Å²) in [6, 6.07) is 12.6. The van der Waals surface area contributed by atoms with E-state index in [0.29, 0.717) is 16.5 Å². The number of anilines is 1. The smallest absolute Gasteiger partial charge is 0.258 e. The number of hydrogen-bond donors (Lipinski definition) is 2. The van der Waals surface area contributed by atoms with Crippen LogP contribution in [0.25, 0.3) is 0 Å². The molecule has 1 amide bonds. The molecule has 2 aromatic rings. The van der Waals surface area contributed by atoms with E-state index in [-0.39, 0.29) is 16.0 Å². The molecule has 0 atom stereocenters. The summed E-state index contributed by atoms with van der Waals surface area (Å²) in [5.74, 6) is 0.0747. The van der Waals surface area contributed by atoms with E-state index in [1.54, 1.807) is 12.1 Å². The zero-order chi connectivity index (χ0) is 17.0. The summed E-state index contributed by atoms with van der Waals surface area (Å²) >= 11 is 17.0. The van der Waals surface area contributed by atoms with Gasteiger partial charge >= 0.3 is 0 Å². The Labute approximate surface area is 151 Å². The molecule has 6 heteroatoms. The molecule has 23 heavy (non-hydrogen) atoms. The van der Waals surface area contributed by atoms with Gasteiger partial charge in [-0.15, -0.1) is 0 Å². The fourth-order valence-electron chi connectivity index (χ4n) is 1.96. The van der Waals surface area contributed by atoms with Gasteiger partial charge in [0.2, 0.25) is 0 Å². The summed E-state index contributed by atoms with van der Waals surface area (Å²) in [6.45, 7) is 4.26. The number of rotatable bonds is 3. The van der Waals surface area contributed by atoms with Crippen LogP contribution in [0.3, 0.4) is 0 Å². The second kappa shape index (κ2) is 7.77. The highest BCUT2D eigenvalue weighted by Crippen LogP contribution is 2.21. The highest BCUT2D eigenvalue weighted by atomic mass is 35.5. The molecule has 0 radical (unpaired) electrons. The summed E-state index contributed by atoms with van der Waals surface area (Å²) in [6.07, 6.45) is 0. The highest BCUT2D eigenvalue weighted by Gasteiger charge is 2.12. The van der Waals surface area contributed by atoms with E-state index in [0.717, 1.165) is 5.69 Å².